The fraction of sp³-hybridized carbons (Fsp3) is 0.0526. The van der Waals surface area contributed by atoms with E-state index in [1.54, 1.807) is 17.8 Å². The Morgan fingerprint density at radius 3 is 2.50 bits per heavy atom. The van der Waals surface area contributed by atoms with Crippen molar-refractivity contribution in [3.05, 3.63) is 82.1 Å². The van der Waals surface area contributed by atoms with Gasteiger partial charge in [0.2, 0.25) is 0 Å². The zero-order chi connectivity index (χ0) is 16.7. The summed E-state index contributed by atoms with van der Waals surface area (Å²) in [6.07, 6.45) is 0. The van der Waals surface area contributed by atoms with Crippen LogP contribution in [0, 0.1) is 5.82 Å². The van der Waals surface area contributed by atoms with E-state index in [1.165, 1.54) is 17.0 Å². The van der Waals surface area contributed by atoms with Gasteiger partial charge in [-0.1, -0.05) is 53.2 Å². The number of fused-ring (bicyclic) bond motifs is 2. The Kier molecular flexibility index (Phi) is 4.17. The Morgan fingerprint density at radius 2 is 1.67 bits per heavy atom. The zero-order valence-corrected chi connectivity index (χ0v) is 14.8. The zero-order valence-electron chi connectivity index (χ0n) is 12.5. The Bertz CT molecular complexity index is 929. The van der Waals surface area contributed by atoms with E-state index >= 15 is 0 Å². The van der Waals surface area contributed by atoms with E-state index in [4.69, 9.17) is 23.2 Å². The van der Waals surface area contributed by atoms with Gasteiger partial charge in [-0.3, -0.25) is 0 Å². The highest BCUT2D eigenvalue weighted by atomic mass is 35.5. The van der Waals surface area contributed by atoms with E-state index in [1.807, 2.05) is 30.3 Å². The lowest BCUT2D eigenvalue weighted by Gasteiger charge is -2.33. The number of nitrogens with zero attached hydrogens (tertiary/aromatic N) is 1. The summed E-state index contributed by atoms with van der Waals surface area (Å²) in [4.78, 5) is 4.48. The standard InChI is InChI=1S/C19H12Cl2FNS/c20-13-6-8-19-17(9-13)23(16-3-1-2-4-18(16)24-19)11-12-5-7-14(22)10-15(12)21/h1-10H,11H2. The molecule has 0 atom stereocenters. The van der Waals surface area contributed by atoms with Gasteiger partial charge in [0.25, 0.3) is 0 Å². The number of hydrogen-bond donors (Lipinski definition) is 0. The van der Waals surface area contributed by atoms with E-state index in [0.29, 0.717) is 16.6 Å². The first-order chi connectivity index (χ1) is 11.6. The summed E-state index contributed by atoms with van der Waals surface area (Å²) < 4.78 is 13.3. The summed E-state index contributed by atoms with van der Waals surface area (Å²) in [7, 11) is 0. The highest BCUT2D eigenvalue weighted by Crippen LogP contribution is 2.49. The molecule has 120 valence electrons. The van der Waals surface area contributed by atoms with Crippen molar-refractivity contribution in [1.29, 1.82) is 0 Å². The first-order valence-electron chi connectivity index (χ1n) is 7.40. The van der Waals surface area contributed by atoms with Crippen molar-refractivity contribution in [1.82, 2.24) is 0 Å². The summed E-state index contributed by atoms with van der Waals surface area (Å²) in [6, 6.07) is 18.6. The normalized spacial score (nSPS) is 12.7. The van der Waals surface area contributed by atoms with Gasteiger partial charge in [-0.05, 0) is 48.0 Å². The average Bonchev–Trinajstić information content (AvgIpc) is 2.57. The third-order valence-electron chi connectivity index (χ3n) is 3.93. The second kappa shape index (κ2) is 6.32. The van der Waals surface area contributed by atoms with Gasteiger partial charge in [-0.15, -0.1) is 0 Å². The SMILES string of the molecule is Fc1ccc(CN2c3ccccc3Sc3ccc(Cl)cc32)c(Cl)c1. The second-order valence-electron chi connectivity index (χ2n) is 5.50. The maximum absolute atomic E-state index is 13.3. The van der Waals surface area contributed by atoms with Gasteiger partial charge in [-0.2, -0.15) is 0 Å². The van der Waals surface area contributed by atoms with Crippen molar-refractivity contribution in [2.45, 2.75) is 16.3 Å². The molecule has 0 aliphatic carbocycles. The lowest BCUT2D eigenvalue weighted by molar-refractivity contribution is 0.627. The van der Waals surface area contributed by atoms with Crippen molar-refractivity contribution in [3.63, 3.8) is 0 Å². The minimum Gasteiger partial charge on any atom is -0.335 e. The molecule has 1 nitrogen and oxygen atoms in total. The Morgan fingerprint density at radius 1 is 0.875 bits per heavy atom. The maximum atomic E-state index is 13.3. The fourth-order valence-electron chi connectivity index (χ4n) is 2.79. The van der Waals surface area contributed by atoms with E-state index < -0.39 is 0 Å². The van der Waals surface area contributed by atoms with Crippen LogP contribution in [0.3, 0.4) is 0 Å². The smallest absolute Gasteiger partial charge is 0.124 e. The largest absolute Gasteiger partial charge is 0.335 e. The monoisotopic (exact) mass is 375 g/mol. The van der Waals surface area contributed by atoms with Crippen LogP contribution in [0.2, 0.25) is 10.0 Å². The fourth-order valence-corrected chi connectivity index (χ4v) is 4.26. The molecule has 3 aromatic carbocycles. The van der Waals surface area contributed by atoms with Gasteiger partial charge in [0.05, 0.1) is 11.4 Å². The van der Waals surface area contributed by atoms with Crippen LogP contribution in [0.4, 0.5) is 15.8 Å². The molecule has 0 bridgehead atoms. The maximum Gasteiger partial charge on any atom is 0.124 e. The molecule has 1 aliphatic rings. The Balaban J connectivity index is 1.83. The highest BCUT2D eigenvalue weighted by molar-refractivity contribution is 7.99. The quantitative estimate of drug-likeness (QED) is 0.477. The second-order valence-corrected chi connectivity index (χ2v) is 7.43. The first kappa shape index (κ1) is 15.8. The molecule has 0 fully saturated rings. The topological polar surface area (TPSA) is 3.24 Å². The van der Waals surface area contributed by atoms with Crippen LogP contribution in [0.25, 0.3) is 0 Å². The molecule has 5 heteroatoms. The number of anilines is 2. The van der Waals surface area contributed by atoms with Crippen molar-refractivity contribution < 1.29 is 4.39 Å². The molecule has 3 aromatic rings. The number of hydrogen-bond acceptors (Lipinski definition) is 2. The minimum absolute atomic E-state index is 0.332. The molecule has 0 aromatic heterocycles. The highest BCUT2D eigenvalue weighted by Gasteiger charge is 2.24. The van der Waals surface area contributed by atoms with Crippen molar-refractivity contribution in [2.75, 3.05) is 4.90 Å². The third-order valence-corrected chi connectivity index (χ3v) is 5.65. The molecule has 1 heterocycles. The number of halogens is 3. The lowest BCUT2D eigenvalue weighted by Crippen LogP contribution is -2.20. The Labute approximate surface area is 154 Å². The molecule has 0 radical (unpaired) electrons. The summed E-state index contributed by atoms with van der Waals surface area (Å²) >= 11 is 14.2. The predicted octanol–water partition coefficient (Wildman–Crippen LogP) is 6.94. The molecule has 0 saturated carbocycles. The summed E-state index contributed by atoms with van der Waals surface area (Å²) in [5.41, 5.74) is 3.00. The molecule has 0 amide bonds. The van der Waals surface area contributed by atoms with Crippen LogP contribution in [0.1, 0.15) is 5.56 Å². The van der Waals surface area contributed by atoms with Crippen molar-refractivity contribution in [2.24, 2.45) is 0 Å². The molecule has 0 saturated heterocycles. The number of para-hydroxylation sites is 1. The molecular formula is C19H12Cl2FNS. The van der Waals surface area contributed by atoms with Crippen molar-refractivity contribution >= 4 is 46.3 Å². The van der Waals surface area contributed by atoms with Gasteiger partial charge >= 0.3 is 0 Å². The van der Waals surface area contributed by atoms with E-state index in [9.17, 15) is 4.39 Å². The minimum atomic E-state index is -0.332. The summed E-state index contributed by atoms with van der Waals surface area (Å²) in [6.45, 7) is 0.546. The molecule has 0 N–H and O–H groups in total. The van der Waals surface area contributed by atoms with Gasteiger partial charge < -0.3 is 4.90 Å². The molecular weight excluding hydrogens is 364 g/mol. The molecule has 0 unspecified atom stereocenters. The molecule has 1 aliphatic heterocycles. The van der Waals surface area contributed by atoms with Gasteiger partial charge in [0.15, 0.2) is 0 Å². The van der Waals surface area contributed by atoms with Gasteiger partial charge in [0.1, 0.15) is 5.82 Å². The average molecular weight is 376 g/mol. The Hall–Kier alpha value is -1.68. The van der Waals surface area contributed by atoms with E-state index in [2.05, 4.69) is 17.0 Å². The van der Waals surface area contributed by atoms with Crippen LogP contribution in [0.5, 0.6) is 0 Å². The van der Waals surface area contributed by atoms with Crippen LogP contribution in [-0.4, -0.2) is 0 Å². The van der Waals surface area contributed by atoms with Crippen LogP contribution in [-0.2, 0) is 6.54 Å². The molecule has 24 heavy (non-hydrogen) atoms. The number of rotatable bonds is 2. The van der Waals surface area contributed by atoms with Crippen molar-refractivity contribution in [3.8, 4) is 0 Å². The van der Waals surface area contributed by atoms with E-state index in [-0.39, 0.29) is 5.82 Å². The molecule has 4 rings (SSSR count). The van der Waals surface area contributed by atoms with E-state index in [0.717, 1.165) is 21.8 Å². The summed E-state index contributed by atoms with van der Waals surface area (Å²) in [5, 5.41) is 1.11. The van der Waals surface area contributed by atoms with Crippen LogP contribution in [0.15, 0.2) is 70.5 Å². The number of benzene rings is 3. The van der Waals surface area contributed by atoms with Gasteiger partial charge in [-0.25, -0.2) is 4.39 Å². The lowest BCUT2D eigenvalue weighted by atomic mass is 10.1. The van der Waals surface area contributed by atoms with Crippen LogP contribution >= 0.6 is 35.0 Å². The van der Waals surface area contributed by atoms with Gasteiger partial charge in [0, 0.05) is 26.4 Å². The first-order valence-corrected chi connectivity index (χ1v) is 8.97. The van der Waals surface area contributed by atoms with Crippen LogP contribution < -0.4 is 4.90 Å². The predicted molar refractivity (Wildman–Crippen MR) is 99.3 cm³/mol. The third kappa shape index (κ3) is 2.88. The molecule has 0 spiro atoms. The summed E-state index contributed by atoms with van der Waals surface area (Å²) in [5.74, 6) is -0.332.